The van der Waals surface area contributed by atoms with Crippen molar-refractivity contribution in [3.05, 3.63) is 53.8 Å². The smallest absolute Gasteiger partial charge is 0.246 e. The number of piperazine rings is 1. The summed E-state index contributed by atoms with van der Waals surface area (Å²) in [4.78, 5) is 24.4. The van der Waals surface area contributed by atoms with Gasteiger partial charge in [0.15, 0.2) is 11.6 Å². The molecule has 2 atom stereocenters. The Morgan fingerprint density at radius 3 is 2.82 bits per heavy atom. The summed E-state index contributed by atoms with van der Waals surface area (Å²) < 4.78 is 36.4. The monoisotopic (exact) mass is 472 g/mol. The summed E-state index contributed by atoms with van der Waals surface area (Å²) in [6, 6.07) is 3.21. The van der Waals surface area contributed by atoms with Crippen molar-refractivity contribution < 1.29 is 23.4 Å². The second kappa shape index (κ2) is 7.84. The largest absolute Gasteiger partial charge is 0.507 e. The molecule has 2 aliphatic rings. The molecule has 0 bridgehead atoms. The summed E-state index contributed by atoms with van der Waals surface area (Å²) in [5.74, 6) is -1.87. The van der Waals surface area contributed by atoms with Crippen molar-refractivity contribution in [2.24, 2.45) is 0 Å². The molecule has 2 aliphatic heterocycles. The minimum absolute atomic E-state index is 0.102. The molecule has 0 unspecified atom stereocenters. The van der Waals surface area contributed by atoms with Gasteiger partial charge < -0.3 is 19.6 Å². The lowest BCUT2D eigenvalue weighted by Crippen LogP contribution is -2.60. The van der Waals surface area contributed by atoms with Crippen LogP contribution < -0.4 is 9.64 Å². The maximum Gasteiger partial charge on any atom is 0.246 e. The average molecular weight is 473 g/mol. The quantitative estimate of drug-likeness (QED) is 0.570. The van der Waals surface area contributed by atoms with E-state index < -0.39 is 17.4 Å². The van der Waals surface area contributed by atoms with E-state index in [-0.39, 0.29) is 57.4 Å². The van der Waals surface area contributed by atoms with Crippen molar-refractivity contribution in [1.29, 1.82) is 0 Å². The third kappa shape index (κ3) is 3.18. The number of aromatic nitrogens is 2. The number of hydrogen-bond acceptors (Lipinski definition) is 6. The molecule has 0 aliphatic carbocycles. The predicted octanol–water partition coefficient (Wildman–Crippen LogP) is 3.92. The highest BCUT2D eigenvalue weighted by Crippen LogP contribution is 2.49. The van der Waals surface area contributed by atoms with Crippen LogP contribution >= 0.6 is 11.6 Å². The topological polar surface area (TPSA) is 78.8 Å². The summed E-state index contributed by atoms with van der Waals surface area (Å²) in [7, 11) is 0. The molecule has 3 heterocycles. The number of hydrogen-bond donors (Lipinski definition) is 1. The number of nitrogens with zero attached hydrogens (tertiary/aromatic N) is 4. The number of phenolic OH excluding ortho intramolecular Hbond substituents is 1. The van der Waals surface area contributed by atoms with E-state index in [1.54, 1.807) is 4.90 Å². The van der Waals surface area contributed by atoms with Crippen molar-refractivity contribution in [2.75, 3.05) is 24.6 Å². The predicted molar refractivity (Wildman–Crippen MR) is 120 cm³/mol. The molecule has 7 nitrogen and oxygen atoms in total. The van der Waals surface area contributed by atoms with E-state index in [2.05, 4.69) is 16.5 Å². The summed E-state index contributed by atoms with van der Waals surface area (Å²) in [5, 5.41) is 10.3. The highest BCUT2D eigenvalue weighted by molar-refractivity contribution is 6.36. The fourth-order valence-corrected chi connectivity index (χ4v) is 4.89. The molecule has 170 valence electrons. The van der Waals surface area contributed by atoms with Crippen LogP contribution in [-0.2, 0) is 4.79 Å². The van der Waals surface area contributed by atoms with Gasteiger partial charge >= 0.3 is 0 Å². The van der Waals surface area contributed by atoms with Crippen LogP contribution in [0.2, 0.25) is 5.02 Å². The zero-order chi connectivity index (χ0) is 23.4. The number of ether oxygens (including phenoxy) is 1. The van der Waals surface area contributed by atoms with Crippen LogP contribution in [0.5, 0.6) is 11.5 Å². The van der Waals surface area contributed by atoms with E-state index >= 15 is 4.39 Å². The second-order valence-corrected chi connectivity index (χ2v) is 8.43. The van der Waals surface area contributed by atoms with Crippen LogP contribution in [0.4, 0.5) is 14.6 Å². The lowest BCUT2D eigenvalue weighted by atomic mass is 10.00. The van der Waals surface area contributed by atoms with Crippen LogP contribution in [-0.4, -0.2) is 57.7 Å². The Hall–Kier alpha value is -3.46. The molecule has 1 amide bonds. The van der Waals surface area contributed by atoms with Gasteiger partial charge in [0.05, 0.1) is 22.0 Å². The van der Waals surface area contributed by atoms with Gasteiger partial charge in [-0.3, -0.25) is 4.79 Å². The highest BCUT2D eigenvalue weighted by Gasteiger charge is 2.39. The molecule has 33 heavy (non-hydrogen) atoms. The first-order valence-corrected chi connectivity index (χ1v) is 10.7. The number of halogens is 3. The minimum atomic E-state index is -0.890. The van der Waals surface area contributed by atoms with Gasteiger partial charge in [0.25, 0.3) is 0 Å². The molecule has 10 heteroatoms. The first-order chi connectivity index (χ1) is 15.8. The normalized spacial score (nSPS) is 19.6. The number of carbonyl (C=O) groups excluding carboxylic acids is 1. The van der Waals surface area contributed by atoms with E-state index in [4.69, 9.17) is 16.3 Å². The molecular formula is C23H19ClF2N4O3. The summed E-state index contributed by atoms with van der Waals surface area (Å²) in [6.45, 7) is 6.35. The third-order valence-electron chi connectivity index (χ3n) is 6.13. The lowest BCUT2D eigenvalue weighted by Gasteiger charge is -2.44. The Bertz CT molecular complexity index is 1300. The van der Waals surface area contributed by atoms with Crippen molar-refractivity contribution in [2.45, 2.75) is 19.0 Å². The molecule has 0 saturated carbocycles. The SMILES string of the molecule is C=CC(=O)N1C[C@H]2COc3c(Cl)c(-c4c(O)cccc4F)c(F)c4ncnc(c34)N2C[C@H]1C. The maximum absolute atomic E-state index is 15.8. The fourth-order valence-electron chi connectivity index (χ4n) is 4.57. The first kappa shape index (κ1) is 21.4. The van der Waals surface area contributed by atoms with Gasteiger partial charge in [-0.15, -0.1) is 0 Å². The number of fused-ring (bicyclic) bond motifs is 2. The molecule has 1 fully saturated rings. The van der Waals surface area contributed by atoms with Crippen molar-refractivity contribution in [1.82, 2.24) is 14.9 Å². The van der Waals surface area contributed by atoms with E-state index in [9.17, 15) is 14.3 Å². The number of benzene rings is 2. The van der Waals surface area contributed by atoms with Crippen LogP contribution in [0, 0.1) is 11.6 Å². The fraction of sp³-hybridized carbons (Fsp3) is 0.261. The molecular weight excluding hydrogens is 454 g/mol. The molecule has 1 N–H and O–H groups in total. The van der Waals surface area contributed by atoms with Crippen LogP contribution in [0.25, 0.3) is 22.0 Å². The van der Waals surface area contributed by atoms with Gasteiger partial charge in [-0.25, -0.2) is 18.7 Å². The minimum Gasteiger partial charge on any atom is -0.507 e. The third-order valence-corrected chi connectivity index (χ3v) is 6.49. The summed E-state index contributed by atoms with van der Waals surface area (Å²) >= 11 is 6.58. The standard InChI is InChI=1S/C23H19ClF2N4O3/c1-3-15(32)29-8-12-9-33-22-18-21(27-10-28-23(18)30(12)7-11(29)2)20(26)17(19(22)24)16-13(25)5-4-6-14(16)31/h3-6,10-12,31H,1,7-9H2,2H3/t11-,12+/m1/s1. The zero-order valence-electron chi connectivity index (χ0n) is 17.6. The number of anilines is 1. The van der Waals surface area contributed by atoms with Crippen molar-refractivity contribution >= 4 is 34.2 Å². The van der Waals surface area contributed by atoms with Crippen LogP contribution in [0.1, 0.15) is 6.92 Å². The molecule has 1 saturated heterocycles. The van der Waals surface area contributed by atoms with E-state index in [1.165, 1.54) is 24.5 Å². The van der Waals surface area contributed by atoms with E-state index in [0.29, 0.717) is 18.9 Å². The highest BCUT2D eigenvalue weighted by atomic mass is 35.5. The van der Waals surface area contributed by atoms with Gasteiger partial charge in [0, 0.05) is 24.7 Å². The van der Waals surface area contributed by atoms with Crippen molar-refractivity contribution in [3.63, 3.8) is 0 Å². The number of amides is 1. The number of rotatable bonds is 2. The van der Waals surface area contributed by atoms with E-state index in [1.807, 2.05) is 11.8 Å². The van der Waals surface area contributed by atoms with Gasteiger partial charge in [-0.2, -0.15) is 0 Å². The lowest BCUT2D eigenvalue weighted by molar-refractivity contribution is -0.129. The van der Waals surface area contributed by atoms with Crippen LogP contribution in [0.3, 0.4) is 0 Å². The molecule has 0 spiro atoms. The average Bonchev–Trinajstić information content (AvgIpc) is 2.96. The van der Waals surface area contributed by atoms with Crippen LogP contribution in [0.15, 0.2) is 37.2 Å². The number of phenols is 1. The first-order valence-electron chi connectivity index (χ1n) is 10.3. The number of carbonyl (C=O) groups is 1. The summed E-state index contributed by atoms with van der Waals surface area (Å²) in [5.41, 5.74) is -0.814. The Morgan fingerprint density at radius 2 is 2.09 bits per heavy atom. The maximum atomic E-state index is 15.8. The van der Waals surface area contributed by atoms with Crippen molar-refractivity contribution in [3.8, 4) is 22.6 Å². The van der Waals surface area contributed by atoms with Gasteiger partial charge in [0.1, 0.15) is 35.8 Å². The van der Waals surface area contributed by atoms with Gasteiger partial charge in [-0.05, 0) is 25.1 Å². The molecule has 0 radical (unpaired) electrons. The Morgan fingerprint density at radius 1 is 1.30 bits per heavy atom. The zero-order valence-corrected chi connectivity index (χ0v) is 18.3. The summed E-state index contributed by atoms with van der Waals surface area (Å²) in [6.07, 6.45) is 2.48. The number of aromatic hydroxyl groups is 1. The van der Waals surface area contributed by atoms with E-state index in [0.717, 1.165) is 6.07 Å². The molecule has 5 rings (SSSR count). The molecule has 3 aromatic rings. The molecule has 1 aromatic heterocycles. The molecule has 2 aromatic carbocycles. The second-order valence-electron chi connectivity index (χ2n) is 8.05. The Kier molecular flexibility index (Phi) is 5.08. The van der Waals surface area contributed by atoms with Gasteiger partial charge in [0.2, 0.25) is 5.91 Å². The Labute approximate surface area is 192 Å². The van der Waals surface area contributed by atoms with Gasteiger partial charge in [-0.1, -0.05) is 24.2 Å². The Balaban J connectivity index is 1.73.